The van der Waals surface area contributed by atoms with Gasteiger partial charge in [-0.3, -0.25) is 0 Å². The summed E-state index contributed by atoms with van der Waals surface area (Å²) in [6.45, 7) is 0.158. The van der Waals surface area contributed by atoms with Gasteiger partial charge in [0.2, 0.25) is 0 Å². The molecule has 0 saturated heterocycles. The van der Waals surface area contributed by atoms with Gasteiger partial charge in [-0.05, 0) is 24.3 Å². The van der Waals surface area contributed by atoms with E-state index in [4.69, 9.17) is 9.15 Å². The fourth-order valence-electron chi connectivity index (χ4n) is 1.07. The number of carbonyl (C=O) groups is 1. The van der Waals surface area contributed by atoms with E-state index in [1.807, 2.05) is 0 Å². The molecule has 2 aromatic heterocycles. The first-order chi connectivity index (χ1) is 6.86. The quantitative estimate of drug-likeness (QED) is 0.754. The summed E-state index contributed by atoms with van der Waals surface area (Å²) in [5.41, 5.74) is 0.441. The Morgan fingerprint density at radius 1 is 1.43 bits per heavy atom. The van der Waals surface area contributed by atoms with Crippen molar-refractivity contribution in [3.63, 3.8) is 0 Å². The van der Waals surface area contributed by atoms with Crippen LogP contribution in [0.5, 0.6) is 0 Å². The maximum absolute atomic E-state index is 11.3. The second kappa shape index (κ2) is 3.83. The van der Waals surface area contributed by atoms with Gasteiger partial charge in [-0.25, -0.2) is 4.79 Å². The molecule has 2 aromatic rings. The second-order valence-electron chi connectivity index (χ2n) is 2.74. The van der Waals surface area contributed by atoms with Crippen molar-refractivity contribution >= 4 is 5.97 Å². The first-order valence-electron chi connectivity index (χ1n) is 4.19. The molecular weight excluding hydrogens is 182 g/mol. The zero-order valence-electron chi connectivity index (χ0n) is 7.40. The van der Waals surface area contributed by atoms with Crippen molar-refractivity contribution in [2.75, 3.05) is 0 Å². The summed E-state index contributed by atoms with van der Waals surface area (Å²) >= 11 is 0. The number of H-pyrrole nitrogens is 1. The van der Waals surface area contributed by atoms with Crippen LogP contribution in [0, 0.1) is 0 Å². The van der Waals surface area contributed by atoms with E-state index < -0.39 is 0 Å². The number of ether oxygens (including phenoxy) is 1. The Hall–Kier alpha value is -1.97. The molecule has 0 aliphatic heterocycles. The number of esters is 1. The zero-order chi connectivity index (χ0) is 9.80. The average Bonchev–Trinajstić information content (AvgIpc) is 2.87. The van der Waals surface area contributed by atoms with Gasteiger partial charge >= 0.3 is 5.97 Å². The van der Waals surface area contributed by atoms with Crippen LogP contribution in [0.15, 0.2) is 41.1 Å². The van der Waals surface area contributed by atoms with Crippen LogP contribution in [0.1, 0.15) is 16.2 Å². The van der Waals surface area contributed by atoms with E-state index in [9.17, 15) is 4.79 Å². The molecule has 1 N–H and O–H groups in total. The largest absolute Gasteiger partial charge is 0.466 e. The molecule has 0 unspecified atom stereocenters. The lowest BCUT2D eigenvalue weighted by atomic mass is 10.4. The Bertz CT molecular complexity index is 389. The van der Waals surface area contributed by atoms with Gasteiger partial charge < -0.3 is 14.1 Å². The highest BCUT2D eigenvalue weighted by molar-refractivity contribution is 5.87. The van der Waals surface area contributed by atoms with E-state index in [0.717, 1.165) is 0 Å². The van der Waals surface area contributed by atoms with Crippen molar-refractivity contribution < 1.29 is 13.9 Å². The Morgan fingerprint density at radius 3 is 3.00 bits per heavy atom. The molecule has 4 heteroatoms. The van der Waals surface area contributed by atoms with Crippen molar-refractivity contribution in [1.82, 2.24) is 4.98 Å². The lowest BCUT2D eigenvalue weighted by Crippen LogP contribution is -2.04. The molecule has 0 atom stereocenters. The normalized spacial score (nSPS) is 10.0. The molecule has 0 spiro atoms. The van der Waals surface area contributed by atoms with Gasteiger partial charge in [-0.1, -0.05) is 0 Å². The van der Waals surface area contributed by atoms with Gasteiger partial charge in [-0.2, -0.15) is 0 Å². The molecule has 0 aliphatic rings. The van der Waals surface area contributed by atoms with Gasteiger partial charge in [0, 0.05) is 6.20 Å². The first-order valence-corrected chi connectivity index (χ1v) is 4.19. The zero-order valence-corrected chi connectivity index (χ0v) is 7.40. The van der Waals surface area contributed by atoms with Crippen molar-refractivity contribution in [3.8, 4) is 0 Å². The van der Waals surface area contributed by atoms with Gasteiger partial charge in [-0.15, -0.1) is 0 Å². The van der Waals surface area contributed by atoms with Crippen LogP contribution in [0.25, 0.3) is 0 Å². The van der Waals surface area contributed by atoms with Gasteiger partial charge in [0.05, 0.1) is 6.26 Å². The standard InChI is InChI=1S/C10H9NO3/c12-10(9-4-1-5-11-9)14-7-8-3-2-6-13-8/h1-6,11H,7H2. The average molecular weight is 191 g/mol. The third-order valence-electron chi connectivity index (χ3n) is 1.74. The minimum Gasteiger partial charge on any atom is -0.466 e. The number of rotatable bonds is 3. The molecule has 0 aromatic carbocycles. The highest BCUT2D eigenvalue weighted by Crippen LogP contribution is 2.04. The van der Waals surface area contributed by atoms with E-state index in [1.165, 1.54) is 6.26 Å². The maximum atomic E-state index is 11.3. The summed E-state index contributed by atoms with van der Waals surface area (Å²) in [7, 11) is 0. The first kappa shape index (κ1) is 8.62. The second-order valence-corrected chi connectivity index (χ2v) is 2.74. The summed E-state index contributed by atoms with van der Waals surface area (Å²) in [5, 5.41) is 0. The third-order valence-corrected chi connectivity index (χ3v) is 1.74. The minimum absolute atomic E-state index is 0.158. The van der Waals surface area contributed by atoms with E-state index in [-0.39, 0.29) is 12.6 Å². The SMILES string of the molecule is O=C(OCc1ccco1)c1ccc[nH]1. The summed E-state index contributed by atoms with van der Waals surface area (Å²) < 4.78 is 9.98. The van der Waals surface area contributed by atoms with Crippen molar-refractivity contribution in [1.29, 1.82) is 0 Å². The topological polar surface area (TPSA) is 55.2 Å². The fraction of sp³-hybridized carbons (Fsp3) is 0.100. The van der Waals surface area contributed by atoms with Crippen LogP contribution in [0.2, 0.25) is 0 Å². The minimum atomic E-state index is -0.383. The number of carbonyl (C=O) groups excluding carboxylic acids is 1. The Morgan fingerprint density at radius 2 is 2.36 bits per heavy atom. The predicted molar refractivity (Wildman–Crippen MR) is 48.6 cm³/mol. The summed E-state index contributed by atoms with van der Waals surface area (Å²) in [4.78, 5) is 14.1. The molecule has 0 bridgehead atoms. The molecule has 2 rings (SSSR count). The molecule has 0 saturated carbocycles. The molecule has 72 valence electrons. The highest BCUT2D eigenvalue weighted by Gasteiger charge is 2.07. The fourth-order valence-corrected chi connectivity index (χ4v) is 1.07. The number of nitrogens with one attached hydrogen (secondary N) is 1. The van der Waals surface area contributed by atoms with Crippen LogP contribution in [-0.4, -0.2) is 11.0 Å². The molecule has 14 heavy (non-hydrogen) atoms. The predicted octanol–water partition coefficient (Wildman–Crippen LogP) is 1.96. The van der Waals surface area contributed by atoms with Crippen LogP contribution < -0.4 is 0 Å². The van der Waals surface area contributed by atoms with Crippen LogP contribution in [-0.2, 0) is 11.3 Å². The lowest BCUT2D eigenvalue weighted by Gasteiger charge is -1.99. The van der Waals surface area contributed by atoms with Crippen LogP contribution in [0.3, 0.4) is 0 Å². The van der Waals surface area contributed by atoms with E-state index in [0.29, 0.717) is 11.5 Å². The molecule has 0 fully saturated rings. The maximum Gasteiger partial charge on any atom is 0.355 e. The Labute approximate surface area is 80.5 Å². The molecule has 0 amide bonds. The Balaban J connectivity index is 1.90. The van der Waals surface area contributed by atoms with E-state index in [2.05, 4.69) is 4.98 Å². The molecule has 4 nitrogen and oxygen atoms in total. The highest BCUT2D eigenvalue weighted by atomic mass is 16.5. The lowest BCUT2D eigenvalue weighted by molar-refractivity contribution is 0.0439. The van der Waals surface area contributed by atoms with Crippen molar-refractivity contribution in [3.05, 3.63) is 48.2 Å². The summed E-state index contributed by atoms with van der Waals surface area (Å²) in [5.74, 6) is 0.247. The van der Waals surface area contributed by atoms with Gasteiger partial charge in [0.15, 0.2) is 0 Å². The van der Waals surface area contributed by atoms with Gasteiger partial charge in [0.1, 0.15) is 18.1 Å². The summed E-state index contributed by atoms with van der Waals surface area (Å²) in [6, 6.07) is 6.90. The molecule has 2 heterocycles. The Kier molecular flexibility index (Phi) is 2.36. The van der Waals surface area contributed by atoms with Crippen LogP contribution in [0.4, 0.5) is 0 Å². The molecule has 0 aliphatic carbocycles. The monoisotopic (exact) mass is 191 g/mol. The smallest absolute Gasteiger partial charge is 0.355 e. The van der Waals surface area contributed by atoms with E-state index in [1.54, 1.807) is 30.5 Å². The number of aromatic nitrogens is 1. The van der Waals surface area contributed by atoms with Gasteiger partial charge in [0.25, 0.3) is 0 Å². The molecular formula is C10H9NO3. The molecule has 0 radical (unpaired) electrons. The summed E-state index contributed by atoms with van der Waals surface area (Å²) in [6.07, 6.45) is 3.21. The number of furan rings is 1. The number of hydrogen-bond donors (Lipinski definition) is 1. The van der Waals surface area contributed by atoms with Crippen molar-refractivity contribution in [2.45, 2.75) is 6.61 Å². The number of aromatic amines is 1. The van der Waals surface area contributed by atoms with Crippen LogP contribution >= 0.6 is 0 Å². The van der Waals surface area contributed by atoms with Crippen molar-refractivity contribution in [2.24, 2.45) is 0 Å². The number of hydrogen-bond acceptors (Lipinski definition) is 3. The third kappa shape index (κ3) is 1.85. The van der Waals surface area contributed by atoms with E-state index >= 15 is 0 Å².